The van der Waals surface area contributed by atoms with Crippen LogP contribution in [-0.4, -0.2) is 40.8 Å². The molecule has 1 aromatic carbocycles. The summed E-state index contributed by atoms with van der Waals surface area (Å²) in [6.07, 6.45) is -0.780. The fourth-order valence-electron chi connectivity index (χ4n) is 5.20. The van der Waals surface area contributed by atoms with E-state index in [0.29, 0.717) is 23.2 Å². The number of rotatable bonds is 3. The Kier molecular flexibility index (Phi) is 4.68. The minimum absolute atomic E-state index is 0.375. The number of alkyl halides is 3. The van der Waals surface area contributed by atoms with Crippen LogP contribution in [0.3, 0.4) is 0 Å². The third kappa shape index (κ3) is 2.91. The molecule has 1 saturated heterocycles. The summed E-state index contributed by atoms with van der Waals surface area (Å²) in [6, 6.07) is 4.49. The van der Waals surface area contributed by atoms with Gasteiger partial charge in [0.15, 0.2) is 0 Å². The smallest absolute Gasteiger partial charge is 0.299 e. The molecule has 2 heterocycles. The number of hydrogen-bond acceptors (Lipinski definition) is 2. The zero-order valence-electron chi connectivity index (χ0n) is 16.5. The van der Waals surface area contributed by atoms with Gasteiger partial charge in [-0.2, -0.15) is 13.2 Å². The van der Waals surface area contributed by atoms with E-state index in [1.54, 1.807) is 0 Å². The largest absolute Gasteiger partial charge is 0.472 e. The van der Waals surface area contributed by atoms with Crippen LogP contribution in [0.5, 0.6) is 0 Å². The topological polar surface area (TPSA) is 37.3 Å². The van der Waals surface area contributed by atoms with Crippen molar-refractivity contribution in [3.63, 3.8) is 0 Å². The van der Waals surface area contributed by atoms with E-state index in [4.69, 9.17) is 0 Å². The number of carbonyl (C=O) groups excluding carboxylic acids is 1. The normalized spacial score (nSPS) is 22.4. The molecule has 2 atom stereocenters. The van der Waals surface area contributed by atoms with E-state index >= 15 is 0 Å². The van der Waals surface area contributed by atoms with Gasteiger partial charge in [0.1, 0.15) is 0 Å². The molecule has 1 amide bonds. The van der Waals surface area contributed by atoms with Crippen LogP contribution in [0.4, 0.5) is 13.2 Å². The number of amides is 1. The monoisotopic (exact) mass is 393 g/mol. The number of piperidine rings is 1. The molecule has 4 nitrogen and oxygen atoms in total. The summed E-state index contributed by atoms with van der Waals surface area (Å²) in [5.74, 6) is -1.54. The Morgan fingerprint density at radius 2 is 2.04 bits per heavy atom. The number of aryl methyl sites for hydroxylation is 1. The first kappa shape index (κ1) is 19.3. The van der Waals surface area contributed by atoms with Crippen LogP contribution >= 0.6 is 0 Å². The van der Waals surface area contributed by atoms with E-state index in [2.05, 4.69) is 23.3 Å². The van der Waals surface area contributed by atoms with Crippen LogP contribution < -0.4 is 5.43 Å². The first-order valence-corrected chi connectivity index (χ1v) is 9.99. The molecule has 1 N–H and O–H groups in total. The first-order valence-electron chi connectivity index (χ1n) is 9.99. The molecule has 2 aromatic rings. The molecule has 0 radical (unpaired) electrons. The Labute approximate surface area is 162 Å². The summed E-state index contributed by atoms with van der Waals surface area (Å²) in [5, 5.41) is 1.04. The van der Waals surface area contributed by atoms with Gasteiger partial charge in [-0.1, -0.05) is 19.1 Å². The number of fused-ring (bicyclic) bond motifs is 2. The Balaban J connectivity index is 1.86. The van der Waals surface area contributed by atoms with Crippen LogP contribution in [0.2, 0.25) is 0 Å². The van der Waals surface area contributed by atoms with Crippen LogP contribution in [0, 0.1) is 13.8 Å². The molecule has 2 aliphatic rings. The van der Waals surface area contributed by atoms with Crippen molar-refractivity contribution in [2.24, 2.45) is 0 Å². The molecule has 1 aromatic heterocycles. The summed E-state index contributed by atoms with van der Waals surface area (Å²) >= 11 is 0. The van der Waals surface area contributed by atoms with E-state index in [-0.39, 0.29) is 0 Å². The second-order valence-electron chi connectivity index (χ2n) is 8.09. The zero-order valence-corrected chi connectivity index (χ0v) is 16.5. The van der Waals surface area contributed by atoms with Gasteiger partial charge in [0, 0.05) is 23.0 Å². The Morgan fingerprint density at radius 3 is 2.71 bits per heavy atom. The molecule has 0 saturated carbocycles. The maximum absolute atomic E-state index is 12.9. The molecular weight excluding hydrogens is 367 g/mol. The summed E-state index contributed by atoms with van der Waals surface area (Å²) in [7, 11) is 0. The summed E-state index contributed by atoms with van der Waals surface area (Å²) in [6.45, 7) is 7.98. The maximum atomic E-state index is 12.9. The Morgan fingerprint density at radius 1 is 1.29 bits per heavy atom. The number of nitrogens with zero attached hydrogens (tertiary/aromatic N) is 2. The lowest BCUT2D eigenvalue weighted by Gasteiger charge is -2.44. The van der Waals surface area contributed by atoms with Crippen molar-refractivity contribution < 1.29 is 18.0 Å². The van der Waals surface area contributed by atoms with Crippen molar-refractivity contribution in [2.75, 3.05) is 18.5 Å². The van der Waals surface area contributed by atoms with E-state index in [1.165, 1.54) is 10.2 Å². The second kappa shape index (κ2) is 6.79. The molecule has 1 aliphatic heterocycles. The van der Waals surface area contributed by atoms with Gasteiger partial charge in [0.05, 0.1) is 5.52 Å². The fraction of sp³-hybridized carbons (Fsp3) is 0.571. The SMILES string of the molecule is CCCN1CCC[C@@H]2c3ccc(C)c4c3c(c(C)n4NC(=O)C(F)(F)F)C[C@H]21. The van der Waals surface area contributed by atoms with Crippen LogP contribution in [0.15, 0.2) is 12.1 Å². The van der Waals surface area contributed by atoms with Crippen LogP contribution in [0.25, 0.3) is 10.9 Å². The number of carbonyl (C=O) groups is 1. The molecule has 28 heavy (non-hydrogen) atoms. The highest BCUT2D eigenvalue weighted by Gasteiger charge is 2.42. The fourth-order valence-corrected chi connectivity index (χ4v) is 5.20. The quantitative estimate of drug-likeness (QED) is 0.839. The Hall–Kier alpha value is -2.02. The highest BCUT2D eigenvalue weighted by molar-refractivity contribution is 5.96. The van der Waals surface area contributed by atoms with Gasteiger partial charge in [0.2, 0.25) is 0 Å². The average molecular weight is 393 g/mol. The number of hydrogen-bond donors (Lipinski definition) is 1. The Bertz CT molecular complexity index is 929. The number of aromatic nitrogens is 1. The van der Waals surface area contributed by atoms with Gasteiger partial charge in [-0.05, 0) is 69.3 Å². The van der Waals surface area contributed by atoms with E-state index in [9.17, 15) is 18.0 Å². The summed E-state index contributed by atoms with van der Waals surface area (Å²) in [4.78, 5) is 14.2. The van der Waals surface area contributed by atoms with Crippen LogP contribution in [-0.2, 0) is 11.2 Å². The minimum atomic E-state index is -4.92. The van der Waals surface area contributed by atoms with Crippen molar-refractivity contribution in [1.82, 2.24) is 9.58 Å². The van der Waals surface area contributed by atoms with Gasteiger partial charge >= 0.3 is 12.1 Å². The third-order valence-electron chi connectivity index (χ3n) is 6.40. The van der Waals surface area contributed by atoms with Gasteiger partial charge in [-0.25, -0.2) is 0 Å². The highest BCUT2D eigenvalue weighted by Crippen LogP contribution is 2.46. The number of halogens is 3. The maximum Gasteiger partial charge on any atom is 0.472 e. The lowest BCUT2D eigenvalue weighted by molar-refractivity contribution is -0.168. The van der Waals surface area contributed by atoms with Crippen molar-refractivity contribution in [2.45, 2.75) is 64.6 Å². The predicted octanol–water partition coefficient (Wildman–Crippen LogP) is 4.40. The summed E-state index contributed by atoms with van der Waals surface area (Å²) < 4.78 is 40.0. The molecule has 0 bridgehead atoms. The standard InChI is InChI=1S/C21H26F3N3O/c1-4-9-26-10-5-6-14-15-8-7-12(2)19-18(15)16(11-17(14)26)13(3)27(19)25-20(28)21(22,23)24/h7-8,14,17H,4-6,9-11H2,1-3H3,(H,25,28)/t14-,17-/m1/s1. The van der Waals surface area contributed by atoms with Crippen molar-refractivity contribution in [1.29, 1.82) is 0 Å². The number of nitrogens with one attached hydrogen (secondary N) is 1. The van der Waals surface area contributed by atoms with Crippen molar-refractivity contribution >= 4 is 16.8 Å². The highest BCUT2D eigenvalue weighted by atomic mass is 19.4. The van der Waals surface area contributed by atoms with E-state index in [0.717, 1.165) is 55.3 Å². The van der Waals surface area contributed by atoms with E-state index in [1.807, 2.05) is 19.9 Å². The van der Waals surface area contributed by atoms with Gasteiger partial charge in [0.25, 0.3) is 0 Å². The lowest BCUT2D eigenvalue weighted by Crippen LogP contribution is -2.47. The third-order valence-corrected chi connectivity index (χ3v) is 6.40. The van der Waals surface area contributed by atoms with Crippen LogP contribution in [0.1, 0.15) is 54.5 Å². The number of likely N-dealkylation sites (tertiary alicyclic amines) is 1. The molecule has 4 rings (SSSR count). The molecule has 7 heteroatoms. The molecule has 152 valence electrons. The lowest BCUT2D eigenvalue weighted by atomic mass is 9.74. The molecule has 0 unspecified atom stereocenters. The number of benzene rings is 1. The average Bonchev–Trinajstić information content (AvgIpc) is 2.91. The van der Waals surface area contributed by atoms with Gasteiger partial charge in [-0.3, -0.25) is 19.8 Å². The van der Waals surface area contributed by atoms with Crippen molar-refractivity contribution in [3.05, 3.63) is 34.5 Å². The predicted molar refractivity (Wildman–Crippen MR) is 103 cm³/mol. The zero-order chi connectivity index (χ0) is 20.2. The molecule has 0 spiro atoms. The van der Waals surface area contributed by atoms with Crippen molar-refractivity contribution in [3.8, 4) is 0 Å². The van der Waals surface area contributed by atoms with E-state index < -0.39 is 12.1 Å². The second-order valence-corrected chi connectivity index (χ2v) is 8.09. The first-order chi connectivity index (χ1) is 13.2. The van der Waals surface area contributed by atoms with Gasteiger partial charge in [-0.15, -0.1) is 0 Å². The summed E-state index contributed by atoms with van der Waals surface area (Å²) in [5.41, 5.74) is 6.66. The van der Waals surface area contributed by atoms with Gasteiger partial charge < -0.3 is 0 Å². The molecule has 1 fully saturated rings. The molecule has 1 aliphatic carbocycles. The molecular formula is C21H26F3N3O. The minimum Gasteiger partial charge on any atom is -0.299 e.